The van der Waals surface area contributed by atoms with Crippen molar-refractivity contribution in [3.05, 3.63) is 28.1 Å². The third-order valence-corrected chi connectivity index (χ3v) is 3.41. The molecule has 2 aromatic heterocycles. The normalized spacial score (nSPS) is 18.0. The number of aliphatic carboxylic acids is 1. The van der Waals surface area contributed by atoms with Gasteiger partial charge in [0, 0.05) is 6.42 Å². The Morgan fingerprint density at radius 2 is 2.13 bits per heavy atom. The average molecular weight is 333 g/mol. The van der Waals surface area contributed by atoms with Crippen molar-refractivity contribution in [3.8, 4) is 0 Å². The summed E-state index contributed by atoms with van der Waals surface area (Å²) >= 11 is 0. The maximum atomic E-state index is 12.4. The minimum atomic E-state index is -4.78. The van der Waals surface area contributed by atoms with Crippen molar-refractivity contribution in [1.29, 1.82) is 0 Å². The van der Waals surface area contributed by atoms with Gasteiger partial charge < -0.3 is 9.52 Å². The van der Waals surface area contributed by atoms with E-state index in [-0.39, 0.29) is 12.2 Å². The van der Waals surface area contributed by atoms with Gasteiger partial charge in [-0.1, -0.05) is 0 Å². The first-order valence-corrected chi connectivity index (χ1v) is 6.58. The van der Waals surface area contributed by atoms with Crippen LogP contribution in [0, 0.1) is 0 Å². The lowest BCUT2D eigenvalue weighted by Gasteiger charge is -2.19. The molecule has 3 rings (SSSR count). The third-order valence-electron chi connectivity index (χ3n) is 3.41. The van der Waals surface area contributed by atoms with E-state index in [1.54, 1.807) is 0 Å². The van der Waals surface area contributed by atoms with Gasteiger partial charge in [0.05, 0.1) is 0 Å². The fourth-order valence-electron chi connectivity index (χ4n) is 2.43. The number of fused-ring (bicyclic) bond motifs is 1. The van der Waals surface area contributed by atoms with Gasteiger partial charge in [-0.05, 0) is 12.8 Å². The van der Waals surface area contributed by atoms with Crippen LogP contribution in [0.5, 0.6) is 0 Å². The molecule has 23 heavy (non-hydrogen) atoms. The van der Waals surface area contributed by atoms with Crippen molar-refractivity contribution < 1.29 is 27.5 Å². The highest BCUT2D eigenvalue weighted by molar-refractivity contribution is 5.72. The molecule has 0 fully saturated rings. The van der Waals surface area contributed by atoms with E-state index in [4.69, 9.17) is 5.11 Å². The number of aryl methyl sites for hydroxylation is 1. The van der Waals surface area contributed by atoms with E-state index in [2.05, 4.69) is 19.7 Å². The Balaban J connectivity index is 1.92. The Labute approximate surface area is 125 Å². The number of halogens is 3. The predicted octanol–water partition coefficient (Wildman–Crippen LogP) is 0.457. The highest BCUT2D eigenvalue weighted by Crippen LogP contribution is 2.27. The maximum absolute atomic E-state index is 12.4. The fourth-order valence-corrected chi connectivity index (χ4v) is 2.43. The van der Waals surface area contributed by atoms with Crippen LogP contribution in [0.3, 0.4) is 0 Å². The van der Waals surface area contributed by atoms with Gasteiger partial charge in [-0.2, -0.15) is 18.3 Å². The number of alkyl halides is 3. The van der Waals surface area contributed by atoms with Gasteiger partial charge in [0.2, 0.25) is 5.89 Å². The molecule has 1 aliphatic heterocycles. The number of carboxylic acids is 1. The second-order valence-corrected chi connectivity index (χ2v) is 4.97. The Morgan fingerprint density at radius 1 is 1.39 bits per heavy atom. The van der Waals surface area contributed by atoms with Gasteiger partial charge in [-0.25, -0.2) is 14.3 Å². The maximum Gasteiger partial charge on any atom is 0.470 e. The van der Waals surface area contributed by atoms with Crippen LogP contribution in [-0.4, -0.2) is 35.6 Å². The van der Waals surface area contributed by atoms with E-state index in [1.807, 2.05) is 0 Å². The van der Waals surface area contributed by atoms with Crippen LogP contribution in [0.25, 0.3) is 0 Å². The van der Waals surface area contributed by atoms with Crippen molar-refractivity contribution in [3.63, 3.8) is 0 Å². The summed E-state index contributed by atoms with van der Waals surface area (Å²) in [6.45, 7) is -0.464. The molecule has 0 radical (unpaired) electrons. The molecule has 3 heterocycles. The molecular formula is C11H10F3N5O4. The molecule has 0 bridgehead atoms. The van der Waals surface area contributed by atoms with Crippen LogP contribution in [0.4, 0.5) is 13.2 Å². The molecule has 9 nitrogen and oxygen atoms in total. The first kappa shape index (κ1) is 15.2. The van der Waals surface area contributed by atoms with Crippen LogP contribution < -0.4 is 5.69 Å². The first-order valence-electron chi connectivity index (χ1n) is 6.58. The molecule has 0 amide bonds. The van der Waals surface area contributed by atoms with Gasteiger partial charge in [0.15, 0.2) is 0 Å². The second kappa shape index (κ2) is 5.21. The van der Waals surface area contributed by atoms with Crippen LogP contribution in [-0.2, 0) is 23.9 Å². The van der Waals surface area contributed by atoms with Gasteiger partial charge in [0.25, 0.3) is 0 Å². The number of hydrogen-bond acceptors (Lipinski definition) is 6. The molecule has 12 heteroatoms. The zero-order chi connectivity index (χ0) is 16.8. The highest BCUT2D eigenvalue weighted by atomic mass is 19.4. The Hall–Kier alpha value is -2.66. The SMILES string of the molecule is O=C(O)[C@@H]1CCCc2nn(Cc3nnc(C(F)(F)F)o3)c(=O)n21. The molecule has 0 aromatic carbocycles. The van der Waals surface area contributed by atoms with Crippen LogP contribution in [0.2, 0.25) is 0 Å². The van der Waals surface area contributed by atoms with E-state index in [1.165, 1.54) is 0 Å². The zero-order valence-corrected chi connectivity index (χ0v) is 11.4. The fraction of sp³-hybridized carbons (Fsp3) is 0.545. The number of rotatable bonds is 3. The predicted molar refractivity (Wildman–Crippen MR) is 64.5 cm³/mol. The number of aromatic nitrogens is 5. The Bertz CT molecular complexity index is 805. The molecule has 1 N–H and O–H groups in total. The summed E-state index contributed by atoms with van der Waals surface area (Å²) in [5.41, 5.74) is -0.737. The molecular weight excluding hydrogens is 323 g/mol. The zero-order valence-electron chi connectivity index (χ0n) is 11.4. The van der Waals surface area contributed by atoms with Crippen LogP contribution in [0.15, 0.2) is 9.21 Å². The van der Waals surface area contributed by atoms with Crippen molar-refractivity contribution in [2.45, 2.75) is 38.0 Å². The van der Waals surface area contributed by atoms with Crippen molar-refractivity contribution >= 4 is 5.97 Å². The summed E-state index contributed by atoms with van der Waals surface area (Å²) in [6, 6.07) is -1.03. The Morgan fingerprint density at radius 3 is 2.74 bits per heavy atom. The number of nitrogens with zero attached hydrogens (tertiary/aromatic N) is 5. The molecule has 2 aromatic rings. The summed E-state index contributed by atoms with van der Waals surface area (Å²) in [7, 11) is 0. The molecule has 1 aliphatic rings. The summed E-state index contributed by atoms with van der Waals surface area (Å²) in [5, 5.41) is 19.2. The molecule has 0 saturated heterocycles. The molecule has 0 aliphatic carbocycles. The summed E-state index contributed by atoms with van der Waals surface area (Å²) in [6.07, 6.45) is -3.54. The molecule has 1 atom stereocenters. The lowest BCUT2D eigenvalue weighted by atomic mass is 10.1. The Kier molecular flexibility index (Phi) is 3.45. The standard InChI is InChI=1S/C11H10F3N5O4/c12-11(13,14)9-16-15-7(23-9)4-18-10(22)19-5(8(20)21)2-1-3-6(19)17-18/h5H,1-4H2,(H,20,21)/t5-/m0/s1. The minimum Gasteiger partial charge on any atom is -0.480 e. The number of hydrogen-bond donors (Lipinski definition) is 1. The minimum absolute atomic E-state index is 0.268. The lowest BCUT2D eigenvalue weighted by molar-refractivity contribution is -0.157. The highest BCUT2D eigenvalue weighted by Gasteiger charge is 2.38. The van der Waals surface area contributed by atoms with Gasteiger partial charge in [0.1, 0.15) is 18.4 Å². The van der Waals surface area contributed by atoms with Gasteiger partial charge in [-0.3, -0.25) is 4.57 Å². The summed E-state index contributed by atoms with van der Waals surface area (Å²) in [4.78, 5) is 23.4. The molecule has 0 spiro atoms. The van der Waals surface area contributed by atoms with Crippen LogP contribution in [0.1, 0.15) is 36.5 Å². The van der Waals surface area contributed by atoms with Crippen molar-refractivity contribution in [1.82, 2.24) is 24.5 Å². The lowest BCUT2D eigenvalue weighted by Crippen LogP contribution is -2.34. The largest absolute Gasteiger partial charge is 0.480 e. The van der Waals surface area contributed by atoms with Crippen molar-refractivity contribution in [2.24, 2.45) is 0 Å². The van der Waals surface area contributed by atoms with E-state index in [0.29, 0.717) is 12.8 Å². The average Bonchev–Trinajstić information content (AvgIpc) is 3.05. The van der Waals surface area contributed by atoms with E-state index in [0.717, 1.165) is 9.25 Å². The smallest absolute Gasteiger partial charge is 0.470 e. The third kappa shape index (κ3) is 2.71. The summed E-state index contributed by atoms with van der Waals surface area (Å²) in [5.74, 6) is -2.86. The quantitative estimate of drug-likeness (QED) is 0.867. The van der Waals surface area contributed by atoms with E-state index >= 15 is 0 Å². The van der Waals surface area contributed by atoms with Gasteiger partial charge in [-0.15, -0.1) is 10.2 Å². The molecule has 124 valence electrons. The molecule has 0 saturated carbocycles. The van der Waals surface area contributed by atoms with Crippen molar-refractivity contribution in [2.75, 3.05) is 0 Å². The van der Waals surface area contributed by atoms with Gasteiger partial charge >= 0.3 is 23.7 Å². The van der Waals surface area contributed by atoms with Crippen LogP contribution >= 0.6 is 0 Å². The topological polar surface area (TPSA) is 116 Å². The monoisotopic (exact) mass is 333 g/mol. The summed E-state index contributed by atoms with van der Waals surface area (Å²) < 4.78 is 43.5. The number of carbonyl (C=O) groups is 1. The molecule has 0 unspecified atom stereocenters. The van der Waals surface area contributed by atoms with E-state index in [9.17, 15) is 22.8 Å². The number of carboxylic acid groups (broad SMARTS) is 1. The first-order chi connectivity index (χ1) is 10.8. The van der Waals surface area contributed by atoms with E-state index < -0.39 is 42.2 Å². The second-order valence-electron chi connectivity index (χ2n) is 4.97.